The molecule has 0 saturated carbocycles. The van der Waals surface area contributed by atoms with Crippen LogP contribution < -0.4 is 113 Å². The number of nitrogens with one attached hydrogen (secondary N) is 2. The Morgan fingerprint density at radius 1 is 0.429 bits per heavy atom. The Kier molecular flexibility index (Phi) is 25.9. The predicted molar refractivity (Wildman–Crippen MR) is 310 cm³/mol. The number of pyridine rings is 4. The van der Waals surface area contributed by atoms with Gasteiger partial charge in [-0.1, -0.05) is 104 Å². The molecule has 0 aliphatic carbocycles. The molecule has 2 amide bonds. The molecule has 9 rings (SSSR count). The zero-order valence-corrected chi connectivity index (χ0v) is 52.6. The highest BCUT2D eigenvalue weighted by atomic mass is 79.9. The molecule has 430 valence electrons. The van der Waals surface area contributed by atoms with E-state index in [4.69, 9.17) is 0 Å². The lowest BCUT2D eigenvalue weighted by atomic mass is 9.77. The molecular weight excluding hydrogens is 1320 g/mol. The van der Waals surface area contributed by atoms with Gasteiger partial charge < -0.3 is 109 Å². The largest absolute Gasteiger partial charge is 1.00 e. The lowest BCUT2D eigenvalue weighted by molar-refractivity contribution is -0.689. The van der Waals surface area contributed by atoms with E-state index in [0.29, 0.717) is 65.7 Å². The number of rotatable bonds is 21. The van der Waals surface area contributed by atoms with Crippen molar-refractivity contribution in [3.8, 4) is 44.5 Å². The SMILES string of the molecule is C=C(C)C(=O)NCCCNC(=O)c1cc(-c2cc(-c3ccc[n+](Cc4ccccc4B(O)O)c3)c[n+](Cc3ccccc3C)c2)cc(-c2cc(-c3ccc[n+](Cc4ccccc4B(O)O)c3)c[n+](Cc3ccccc3B(O)O)c2)c1.[Br-].[Br-].[Br-].[Br-]. The van der Waals surface area contributed by atoms with E-state index in [-0.39, 0.29) is 92.8 Å². The molecule has 8 N–H and O–H groups in total. The summed E-state index contributed by atoms with van der Waals surface area (Å²) in [6.45, 7) is 9.65. The van der Waals surface area contributed by atoms with Crippen molar-refractivity contribution < 1.29 is 126 Å². The second-order valence-corrected chi connectivity index (χ2v) is 20.1. The average Bonchev–Trinajstić information content (AvgIpc) is 3.48. The summed E-state index contributed by atoms with van der Waals surface area (Å²) in [4.78, 5) is 26.8. The number of halogens is 4. The molecular formula is C63H63B3Br4N6O8. The Morgan fingerprint density at radius 2 is 0.774 bits per heavy atom. The monoisotopic (exact) mass is 1380 g/mol. The molecule has 0 bridgehead atoms. The molecule has 5 aromatic carbocycles. The Bertz CT molecular complexity index is 3750. The van der Waals surface area contributed by atoms with E-state index in [1.54, 1.807) is 43.3 Å². The molecule has 14 nitrogen and oxygen atoms in total. The molecule has 0 aliphatic rings. The van der Waals surface area contributed by atoms with E-state index in [1.807, 2.05) is 136 Å². The van der Waals surface area contributed by atoms with Crippen molar-refractivity contribution in [1.29, 1.82) is 0 Å². The number of aromatic nitrogens is 4. The molecule has 9 aromatic rings. The van der Waals surface area contributed by atoms with Gasteiger partial charge in [-0.2, -0.15) is 9.13 Å². The fourth-order valence-electron chi connectivity index (χ4n) is 9.87. The van der Waals surface area contributed by atoms with Crippen molar-refractivity contribution in [2.45, 2.75) is 46.4 Å². The normalized spacial score (nSPS) is 10.5. The van der Waals surface area contributed by atoms with Crippen molar-refractivity contribution in [2.24, 2.45) is 0 Å². The number of benzene rings is 5. The highest BCUT2D eigenvalue weighted by Crippen LogP contribution is 2.32. The quantitative estimate of drug-likeness (QED) is 0.0151. The van der Waals surface area contributed by atoms with Crippen LogP contribution in [0.2, 0.25) is 0 Å². The number of carbonyl (C=O) groups excluding carboxylic acids is 2. The number of hydrogen-bond acceptors (Lipinski definition) is 8. The summed E-state index contributed by atoms with van der Waals surface area (Å²) in [6.07, 6.45) is 16.5. The average molecular weight is 1380 g/mol. The van der Waals surface area contributed by atoms with Gasteiger partial charge in [0.15, 0.2) is 75.8 Å². The van der Waals surface area contributed by atoms with Gasteiger partial charge >= 0.3 is 21.4 Å². The summed E-state index contributed by atoms with van der Waals surface area (Å²) >= 11 is 0. The van der Waals surface area contributed by atoms with Crippen molar-refractivity contribution in [1.82, 2.24) is 10.6 Å². The minimum absolute atomic E-state index is 0. The first-order valence-corrected chi connectivity index (χ1v) is 26.5. The van der Waals surface area contributed by atoms with E-state index in [2.05, 4.69) is 71.4 Å². The third kappa shape index (κ3) is 17.7. The van der Waals surface area contributed by atoms with Gasteiger partial charge in [-0.3, -0.25) is 9.59 Å². The van der Waals surface area contributed by atoms with Crippen LogP contribution in [-0.4, -0.2) is 76.4 Å². The molecule has 84 heavy (non-hydrogen) atoms. The van der Waals surface area contributed by atoms with Gasteiger partial charge in [0.05, 0.1) is 22.3 Å². The Hall–Kier alpha value is -6.75. The van der Waals surface area contributed by atoms with E-state index in [9.17, 15) is 39.7 Å². The van der Waals surface area contributed by atoms with Crippen LogP contribution >= 0.6 is 0 Å². The van der Waals surface area contributed by atoms with E-state index in [0.717, 1.165) is 66.8 Å². The molecule has 0 saturated heterocycles. The van der Waals surface area contributed by atoms with Gasteiger partial charge in [0.1, 0.15) is 0 Å². The zero-order valence-electron chi connectivity index (χ0n) is 46.2. The number of amides is 2. The van der Waals surface area contributed by atoms with Crippen molar-refractivity contribution >= 4 is 49.6 Å². The second-order valence-electron chi connectivity index (χ2n) is 20.1. The highest BCUT2D eigenvalue weighted by molar-refractivity contribution is 6.60. The van der Waals surface area contributed by atoms with Gasteiger partial charge in [-0.15, -0.1) is 0 Å². The third-order valence-electron chi connectivity index (χ3n) is 14.1. The molecule has 4 aromatic heterocycles. The Balaban J connectivity index is 0.00000323. The van der Waals surface area contributed by atoms with Gasteiger partial charge in [-0.05, 0) is 95.8 Å². The van der Waals surface area contributed by atoms with Crippen molar-refractivity contribution in [3.05, 3.63) is 247 Å². The number of aryl methyl sites for hydroxylation is 1. The molecule has 0 fully saturated rings. The third-order valence-corrected chi connectivity index (χ3v) is 14.1. The zero-order chi connectivity index (χ0) is 56.3. The van der Waals surface area contributed by atoms with E-state index in [1.165, 1.54) is 0 Å². The molecule has 0 aliphatic heterocycles. The minimum atomic E-state index is -1.70. The fourth-order valence-corrected chi connectivity index (χ4v) is 9.87. The maximum atomic E-state index is 14.5. The molecule has 0 spiro atoms. The van der Waals surface area contributed by atoms with Crippen molar-refractivity contribution in [3.63, 3.8) is 0 Å². The van der Waals surface area contributed by atoms with Gasteiger partial charge in [0, 0.05) is 69.7 Å². The van der Waals surface area contributed by atoms with Crippen LogP contribution in [0.4, 0.5) is 0 Å². The standard InChI is InChI=1S/C63H61B3N6O8.4BrH/c1-44(2)62(73)67-25-14-26-68-63(74)54-30-52(57-32-55(40-71(42-57)34-46-16-5-4-15-45(46)3)47-20-12-27-69(35-47)37-49-17-6-9-22-59(49)64(75)76)29-53(31-54)58-33-56(41-72(43-58)39-51-19-8-11-24-61(51)66(79)80)48-21-13-28-70(36-48)38-50-18-7-10-23-60(50)65(77)78;;;;/h4-13,15-24,27-33,35-36,40-43,75-80H,1,14,25-26,34,37-39H2,2-3H3;4*1H/q+2;;;;/p-2. The van der Waals surface area contributed by atoms with Crippen LogP contribution in [0, 0.1) is 6.92 Å². The van der Waals surface area contributed by atoms with Gasteiger partial charge in [-0.25, -0.2) is 9.13 Å². The van der Waals surface area contributed by atoms with E-state index < -0.39 is 21.4 Å². The summed E-state index contributed by atoms with van der Waals surface area (Å²) < 4.78 is 8.13. The first-order valence-electron chi connectivity index (χ1n) is 26.5. The van der Waals surface area contributed by atoms with E-state index >= 15 is 0 Å². The lowest BCUT2D eigenvalue weighted by Crippen LogP contribution is -3.00. The predicted octanol–water partition coefficient (Wildman–Crippen LogP) is -9.13. The number of hydrogen-bond donors (Lipinski definition) is 8. The minimum Gasteiger partial charge on any atom is -1.00 e. The summed E-state index contributed by atoms with van der Waals surface area (Å²) in [7, 11) is -4.97. The second kappa shape index (κ2) is 32.0. The summed E-state index contributed by atoms with van der Waals surface area (Å²) in [5.41, 5.74) is 13.0. The maximum absolute atomic E-state index is 14.5. The molecule has 21 heteroatoms. The Morgan fingerprint density at radius 3 is 1.19 bits per heavy atom. The maximum Gasteiger partial charge on any atom is 0.488 e. The van der Waals surface area contributed by atoms with Gasteiger partial charge in [0.2, 0.25) is 5.91 Å². The van der Waals surface area contributed by atoms with Crippen LogP contribution in [0.15, 0.2) is 213 Å². The van der Waals surface area contributed by atoms with Crippen LogP contribution in [-0.2, 0) is 31.0 Å². The Labute approximate surface area is 533 Å². The molecule has 0 unspecified atom stereocenters. The highest BCUT2D eigenvalue weighted by Gasteiger charge is 2.24. The van der Waals surface area contributed by atoms with Crippen LogP contribution in [0.1, 0.15) is 51.5 Å². The molecule has 4 heterocycles. The topological polar surface area (TPSA) is 195 Å². The van der Waals surface area contributed by atoms with Crippen LogP contribution in [0.5, 0.6) is 0 Å². The van der Waals surface area contributed by atoms with Crippen LogP contribution in [0.25, 0.3) is 44.5 Å². The number of nitrogens with zero attached hydrogens (tertiary/aromatic N) is 4. The lowest BCUT2D eigenvalue weighted by Gasteiger charge is -2.13. The smallest absolute Gasteiger partial charge is 0.488 e. The summed E-state index contributed by atoms with van der Waals surface area (Å²) in [6, 6.07) is 47.7. The van der Waals surface area contributed by atoms with Crippen LogP contribution in [0.3, 0.4) is 0 Å². The first kappa shape index (κ1) is 68.0. The molecule has 0 radical (unpaired) electrons. The van der Waals surface area contributed by atoms with Crippen molar-refractivity contribution in [2.75, 3.05) is 13.1 Å². The first-order chi connectivity index (χ1) is 38.6. The van der Waals surface area contributed by atoms with Gasteiger partial charge in [0.25, 0.3) is 5.91 Å². The molecule has 0 atom stereocenters. The fraction of sp³-hybridized carbons (Fsp3) is 0.143. The summed E-state index contributed by atoms with van der Waals surface area (Å²) in [5.74, 6) is -0.562. The summed E-state index contributed by atoms with van der Waals surface area (Å²) in [5, 5.41) is 67.6. The number of carbonyl (C=O) groups is 2.